The van der Waals surface area contributed by atoms with Gasteiger partial charge in [-0.15, -0.1) is 0 Å². The molecule has 0 aliphatic carbocycles. The summed E-state index contributed by atoms with van der Waals surface area (Å²) >= 11 is 0. The van der Waals surface area contributed by atoms with Gasteiger partial charge in [-0.2, -0.15) is 4.31 Å². The van der Waals surface area contributed by atoms with Gasteiger partial charge < -0.3 is 4.57 Å². The van der Waals surface area contributed by atoms with Gasteiger partial charge in [-0.1, -0.05) is 6.07 Å². The molecule has 3 heterocycles. The molecule has 3 rings (SSSR count). The van der Waals surface area contributed by atoms with Crippen LogP contribution in [-0.4, -0.2) is 35.4 Å². The standard InChI is InChI=1S/C16H21N3O2S/c1-13-6-7-14(2)19(13)15-8-11-18(12-9-15)22(20,21)16-5-3-4-10-17-16/h3-7,10,15H,8-9,11-12H2,1-2H3. The second-order valence-electron chi connectivity index (χ2n) is 5.79. The molecule has 118 valence electrons. The molecule has 1 aliphatic rings. The van der Waals surface area contributed by atoms with Gasteiger partial charge in [-0.05, 0) is 51.0 Å². The second-order valence-corrected chi connectivity index (χ2v) is 7.67. The number of hydrogen-bond acceptors (Lipinski definition) is 3. The average molecular weight is 319 g/mol. The van der Waals surface area contributed by atoms with E-state index < -0.39 is 10.0 Å². The van der Waals surface area contributed by atoms with E-state index in [1.807, 2.05) is 0 Å². The van der Waals surface area contributed by atoms with E-state index in [0.29, 0.717) is 19.1 Å². The SMILES string of the molecule is Cc1ccc(C)n1C1CCN(S(=O)(=O)c2ccccn2)CC1. The van der Waals surface area contributed by atoms with Gasteiger partial charge in [0.25, 0.3) is 10.0 Å². The van der Waals surface area contributed by atoms with E-state index in [-0.39, 0.29) is 5.03 Å². The largest absolute Gasteiger partial charge is 0.346 e. The number of hydrogen-bond donors (Lipinski definition) is 0. The Morgan fingerprint density at radius 2 is 1.68 bits per heavy atom. The van der Waals surface area contributed by atoms with Crippen LogP contribution in [0.4, 0.5) is 0 Å². The Morgan fingerprint density at radius 1 is 1.05 bits per heavy atom. The maximum Gasteiger partial charge on any atom is 0.260 e. The predicted molar refractivity (Wildman–Crippen MR) is 85.2 cm³/mol. The number of rotatable bonds is 3. The molecule has 0 atom stereocenters. The maximum atomic E-state index is 12.6. The molecule has 0 unspecified atom stereocenters. The number of sulfonamides is 1. The van der Waals surface area contributed by atoms with Gasteiger partial charge in [0.05, 0.1) is 0 Å². The highest BCUT2D eigenvalue weighted by atomic mass is 32.2. The first kappa shape index (κ1) is 15.2. The molecular weight excluding hydrogens is 298 g/mol. The zero-order valence-corrected chi connectivity index (χ0v) is 13.8. The van der Waals surface area contributed by atoms with Gasteiger partial charge in [-0.3, -0.25) is 0 Å². The van der Waals surface area contributed by atoms with Crippen molar-refractivity contribution in [3.05, 3.63) is 47.9 Å². The van der Waals surface area contributed by atoms with E-state index >= 15 is 0 Å². The van der Waals surface area contributed by atoms with Gasteiger partial charge in [0, 0.05) is 36.7 Å². The third-order valence-corrected chi connectivity index (χ3v) is 6.17. The molecule has 1 fully saturated rings. The van der Waals surface area contributed by atoms with Crippen molar-refractivity contribution in [2.45, 2.75) is 37.8 Å². The summed E-state index contributed by atoms with van der Waals surface area (Å²) in [6.45, 7) is 5.29. The van der Waals surface area contributed by atoms with Gasteiger partial charge in [0.2, 0.25) is 0 Å². The fraction of sp³-hybridized carbons (Fsp3) is 0.438. The summed E-state index contributed by atoms with van der Waals surface area (Å²) in [4.78, 5) is 3.99. The van der Waals surface area contributed by atoms with Crippen LogP contribution in [0.1, 0.15) is 30.3 Å². The summed E-state index contributed by atoms with van der Waals surface area (Å²) in [5, 5.41) is 0.141. The van der Waals surface area contributed by atoms with Gasteiger partial charge >= 0.3 is 0 Å². The van der Waals surface area contributed by atoms with Crippen molar-refractivity contribution in [2.75, 3.05) is 13.1 Å². The zero-order valence-electron chi connectivity index (χ0n) is 12.9. The van der Waals surface area contributed by atoms with Crippen LogP contribution in [0.25, 0.3) is 0 Å². The van der Waals surface area contributed by atoms with Crippen LogP contribution in [0, 0.1) is 13.8 Å². The summed E-state index contributed by atoms with van der Waals surface area (Å²) < 4.78 is 29.0. The number of aromatic nitrogens is 2. The molecule has 1 aliphatic heterocycles. The van der Waals surface area contributed by atoms with Gasteiger partial charge in [0.1, 0.15) is 0 Å². The Kier molecular flexibility index (Phi) is 4.06. The molecule has 0 saturated carbocycles. The smallest absolute Gasteiger partial charge is 0.260 e. The number of nitrogens with zero attached hydrogens (tertiary/aromatic N) is 3. The van der Waals surface area contributed by atoms with Crippen molar-refractivity contribution in [3.8, 4) is 0 Å². The Bertz CT molecular complexity index is 725. The molecule has 5 nitrogen and oxygen atoms in total. The molecule has 0 bridgehead atoms. The molecule has 0 radical (unpaired) electrons. The van der Waals surface area contributed by atoms with E-state index in [9.17, 15) is 8.42 Å². The first-order valence-corrected chi connectivity index (χ1v) is 9.00. The molecule has 0 aromatic carbocycles. The van der Waals surface area contributed by atoms with Crippen molar-refractivity contribution in [2.24, 2.45) is 0 Å². The Hall–Kier alpha value is -1.66. The lowest BCUT2D eigenvalue weighted by Gasteiger charge is -2.33. The quantitative estimate of drug-likeness (QED) is 0.873. The van der Waals surface area contributed by atoms with E-state index in [0.717, 1.165) is 12.8 Å². The maximum absolute atomic E-state index is 12.6. The van der Waals surface area contributed by atoms with Crippen molar-refractivity contribution in [1.82, 2.24) is 13.9 Å². The highest BCUT2D eigenvalue weighted by Crippen LogP contribution is 2.28. The van der Waals surface area contributed by atoms with E-state index in [4.69, 9.17) is 0 Å². The highest BCUT2D eigenvalue weighted by molar-refractivity contribution is 7.89. The average Bonchev–Trinajstić information content (AvgIpc) is 2.87. The lowest BCUT2D eigenvalue weighted by atomic mass is 10.1. The number of aryl methyl sites for hydroxylation is 2. The molecule has 0 spiro atoms. The molecule has 0 N–H and O–H groups in total. The third-order valence-electron chi connectivity index (χ3n) is 4.36. The summed E-state index contributed by atoms with van der Waals surface area (Å²) in [5.41, 5.74) is 2.48. The fourth-order valence-electron chi connectivity index (χ4n) is 3.23. The topological polar surface area (TPSA) is 55.2 Å². The van der Waals surface area contributed by atoms with Crippen molar-refractivity contribution >= 4 is 10.0 Å². The summed E-state index contributed by atoms with van der Waals surface area (Å²) in [7, 11) is -3.46. The van der Waals surface area contributed by atoms with Crippen LogP contribution >= 0.6 is 0 Å². The lowest BCUT2D eigenvalue weighted by molar-refractivity contribution is 0.269. The van der Waals surface area contributed by atoms with E-state index in [2.05, 4.69) is 35.5 Å². The zero-order chi connectivity index (χ0) is 15.7. The van der Waals surface area contributed by atoms with Crippen molar-refractivity contribution in [3.63, 3.8) is 0 Å². The second kappa shape index (κ2) is 5.85. The minimum absolute atomic E-state index is 0.141. The van der Waals surface area contributed by atoms with Crippen LogP contribution < -0.4 is 0 Å². The Balaban J connectivity index is 1.75. The molecule has 0 amide bonds. The van der Waals surface area contributed by atoms with Gasteiger partial charge in [0.15, 0.2) is 5.03 Å². The molecule has 1 saturated heterocycles. The van der Waals surface area contributed by atoms with E-state index in [1.165, 1.54) is 17.6 Å². The van der Waals surface area contributed by atoms with Crippen molar-refractivity contribution in [1.29, 1.82) is 0 Å². The van der Waals surface area contributed by atoms with Crippen molar-refractivity contribution < 1.29 is 8.42 Å². The molecule has 2 aromatic rings. The van der Waals surface area contributed by atoms with Crippen LogP contribution in [0.5, 0.6) is 0 Å². The summed E-state index contributed by atoms with van der Waals surface area (Å²) in [6, 6.07) is 9.60. The minimum Gasteiger partial charge on any atom is -0.346 e. The predicted octanol–water partition coefficient (Wildman–Crippen LogP) is 2.53. The summed E-state index contributed by atoms with van der Waals surface area (Å²) in [5.74, 6) is 0. The molecule has 22 heavy (non-hydrogen) atoms. The third kappa shape index (κ3) is 2.68. The number of piperidine rings is 1. The first-order chi connectivity index (χ1) is 10.5. The highest BCUT2D eigenvalue weighted by Gasteiger charge is 2.31. The lowest BCUT2D eigenvalue weighted by Crippen LogP contribution is -2.39. The van der Waals surface area contributed by atoms with Crippen LogP contribution in [0.3, 0.4) is 0 Å². The molecule has 6 heteroatoms. The van der Waals surface area contributed by atoms with Gasteiger partial charge in [-0.25, -0.2) is 13.4 Å². The van der Waals surface area contributed by atoms with Crippen LogP contribution in [-0.2, 0) is 10.0 Å². The molecular formula is C16H21N3O2S. The van der Waals surface area contributed by atoms with Crippen LogP contribution in [0.15, 0.2) is 41.6 Å². The summed E-state index contributed by atoms with van der Waals surface area (Å²) in [6.07, 6.45) is 3.19. The molecule has 2 aromatic heterocycles. The first-order valence-electron chi connectivity index (χ1n) is 7.56. The normalized spacial score (nSPS) is 17.7. The van der Waals surface area contributed by atoms with E-state index in [1.54, 1.807) is 22.5 Å². The minimum atomic E-state index is -3.46. The van der Waals surface area contributed by atoms with Crippen LogP contribution in [0.2, 0.25) is 0 Å². The fourth-order valence-corrected chi connectivity index (χ4v) is 4.63. The number of pyridine rings is 1. The monoisotopic (exact) mass is 319 g/mol. The Labute approximate surface area is 131 Å². The Morgan fingerprint density at radius 3 is 2.23 bits per heavy atom.